The van der Waals surface area contributed by atoms with Crippen LogP contribution in [-0.2, 0) is 15.0 Å². The summed E-state index contributed by atoms with van der Waals surface area (Å²) in [4.78, 5) is 13.6. The maximum atomic E-state index is 12.8. The van der Waals surface area contributed by atoms with Gasteiger partial charge in [-0.3, -0.25) is 4.79 Å². The van der Waals surface area contributed by atoms with Crippen molar-refractivity contribution in [3.8, 4) is 0 Å². The van der Waals surface area contributed by atoms with Gasteiger partial charge >= 0.3 is 10.2 Å². The van der Waals surface area contributed by atoms with Crippen LogP contribution in [0.3, 0.4) is 0 Å². The van der Waals surface area contributed by atoms with Gasteiger partial charge in [0.25, 0.3) is 0 Å². The summed E-state index contributed by atoms with van der Waals surface area (Å²) in [6, 6.07) is 7.98. The molecular formula is C17H22FNO3S. The first-order valence-electron chi connectivity index (χ1n) is 8.25. The topological polar surface area (TPSA) is 54.5 Å². The number of rotatable bonds is 4. The van der Waals surface area contributed by atoms with Crippen molar-refractivity contribution in [1.29, 1.82) is 0 Å². The summed E-state index contributed by atoms with van der Waals surface area (Å²) in [6.07, 6.45) is 6.40. The Kier molecular flexibility index (Phi) is 4.71. The van der Waals surface area contributed by atoms with E-state index in [0.29, 0.717) is 5.92 Å². The summed E-state index contributed by atoms with van der Waals surface area (Å²) in [5.74, 6) is -0.564. The maximum Gasteiger partial charge on any atom is 0.302 e. The van der Waals surface area contributed by atoms with Gasteiger partial charge in [0.1, 0.15) is 0 Å². The van der Waals surface area contributed by atoms with Gasteiger partial charge in [-0.2, -0.15) is 8.42 Å². The zero-order chi connectivity index (χ0) is 16.4. The first-order chi connectivity index (χ1) is 10.9. The molecule has 2 fully saturated rings. The van der Waals surface area contributed by atoms with Crippen LogP contribution in [-0.4, -0.2) is 26.6 Å². The van der Waals surface area contributed by atoms with E-state index in [1.165, 1.54) is 37.7 Å². The van der Waals surface area contributed by atoms with Gasteiger partial charge in [0.2, 0.25) is 5.91 Å². The van der Waals surface area contributed by atoms with Crippen LogP contribution in [0.1, 0.15) is 50.0 Å². The molecule has 0 aromatic heterocycles. The fourth-order valence-electron chi connectivity index (χ4n) is 3.79. The molecule has 1 amide bonds. The highest BCUT2D eigenvalue weighted by Crippen LogP contribution is 2.34. The molecule has 1 aliphatic carbocycles. The Morgan fingerprint density at radius 1 is 1.09 bits per heavy atom. The quantitative estimate of drug-likeness (QED) is 0.790. The molecule has 6 heteroatoms. The summed E-state index contributed by atoms with van der Waals surface area (Å²) in [5, 5.41) is 0. The van der Waals surface area contributed by atoms with E-state index in [-0.39, 0.29) is 18.9 Å². The molecule has 2 aliphatic rings. The van der Waals surface area contributed by atoms with Crippen LogP contribution in [0.2, 0.25) is 0 Å². The Balaban J connectivity index is 1.68. The molecule has 1 unspecified atom stereocenters. The molecule has 3 rings (SSSR count). The van der Waals surface area contributed by atoms with E-state index >= 15 is 0 Å². The monoisotopic (exact) mass is 339 g/mol. The second kappa shape index (κ2) is 6.59. The van der Waals surface area contributed by atoms with Crippen LogP contribution in [0.4, 0.5) is 9.57 Å². The predicted octanol–water partition coefficient (Wildman–Crippen LogP) is 3.39. The Labute approximate surface area is 136 Å². The number of hydrogen-bond acceptors (Lipinski definition) is 3. The van der Waals surface area contributed by atoms with Gasteiger partial charge in [-0.15, -0.1) is 3.89 Å². The lowest BCUT2D eigenvalue weighted by Crippen LogP contribution is -2.25. The standard InChI is InChI=1S/C17H22FNO3S/c18-23(21,22)12-13-10-17(20)19(11-13)16-8-6-15(7-9-16)14-4-2-1-3-5-14/h6-9,13-14H,1-5,10-12H2. The second-order valence-electron chi connectivity index (χ2n) is 6.71. The van der Waals surface area contributed by atoms with Gasteiger partial charge in [-0.1, -0.05) is 31.4 Å². The highest BCUT2D eigenvalue weighted by Gasteiger charge is 2.33. The molecule has 1 heterocycles. The largest absolute Gasteiger partial charge is 0.312 e. The number of halogens is 1. The maximum absolute atomic E-state index is 12.8. The molecule has 0 N–H and O–H groups in total. The van der Waals surface area contributed by atoms with Crippen molar-refractivity contribution >= 4 is 21.8 Å². The van der Waals surface area contributed by atoms with Gasteiger partial charge < -0.3 is 4.90 Å². The van der Waals surface area contributed by atoms with Gasteiger partial charge in [0.05, 0.1) is 5.75 Å². The Morgan fingerprint density at radius 3 is 2.35 bits per heavy atom. The highest BCUT2D eigenvalue weighted by molar-refractivity contribution is 7.86. The van der Waals surface area contributed by atoms with Gasteiger partial charge in [-0.05, 0) is 36.5 Å². The van der Waals surface area contributed by atoms with E-state index in [0.717, 1.165) is 5.69 Å². The van der Waals surface area contributed by atoms with E-state index < -0.39 is 21.9 Å². The molecule has 126 valence electrons. The highest BCUT2D eigenvalue weighted by atomic mass is 32.3. The van der Waals surface area contributed by atoms with Gasteiger partial charge in [0, 0.05) is 24.6 Å². The fraction of sp³-hybridized carbons (Fsp3) is 0.588. The Hall–Kier alpha value is -1.43. The van der Waals surface area contributed by atoms with Crippen molar-refractivity contribution in [3.63, 3.8) is 0 Å². The minimum Gasteiger partial charge on any atom is -0.312 e. The van der Waals surface area contributed by atoms with Crippen LogP contribution in [0.15, 0.2) is 24.3 Å². The van der Waals surface area contributed by atoms with E-state index in [4.69, 9.17) is 0 Å². The number of carbonyl (C=O) groups excluding carboxylic acids is 1. The zero-order valence-electron chi connectivity index (χ0n) is 13.1. The number of anilines is 1. The number of benzene rings is 1. The average Bonchev–Trinajstić information content (AvgIpc) is 2.87. The third-order valence-electron chi connectivity index (χ3n) is 4.92. The van der Waals surface area contributed by atoms with E-state index in [9.17, 15) is 17.1 Å². The summed E-state index contributed by atoms with van der Waals surface area (Å²) in [5.41, 5.74) is 2.08. The lowest BCUT2D eigenvalue weighted by Gasteiger charge is -2.23. The minimum atomic E-state index is -4.54. The summed E-state index contributed by atoms with van der Waals surface area (Å²) >= 11 is 0. The lowest BCUT2D eigenvalue weighted by molar-refractivity contribution is -0.117. The SMILES string of the molecule is O=C1CC(CS(=O)(=O)F)CN1c1ccc(C2CCCCC2)cc1. The molecule has 1 saturated heterocycles. The normalized spacial score (nSPS) is 23.4. The molecule has 1 aliphatic heterocycles. The van der Waals surface area contributed by atoms with E-state index in [1.54, 1.807) is 4.90 Å². The molecule has 0 bridgehead atoms. The molecule has 0 radical (unpaired) electrons. The van der Waals surface area contributed by atoms with Crippen LogP contribution in [0.25, 0.3) is 0 Å². The molecule has 4 nitrogen and oxygen atoms in total. The Bertz CT molecular complexity index is 666. The third kappa shape index (κ3) is 4.10. The van der Waals surface area contributed by atoms with Crippen molar-refractivity contribution in [2.75, 3.05) is 17.2 Å². The Morgan fingerprint density at radius 2 is 1.74 bits per heavy atom. The summed E-state index contributed by atoms with van der Waals surface area (Å²) in [6.45, 7) is 0.269. The van der Waals surface area contributed by atoms with Crippen molar-refractivity contribution in [3.05, 3.63) is 29.8 Å². The van der Waals surface area contributed by atoms with Gasteiger partial charge in [-0.25, -0.2) is 0 Å². The minimum absolute atomic E-state index is 0.0908. The second-order valence-corrected chi connectivity index (χ2v) is 8.12. The number of hydrogen-bond donors (Lipinski definition) is 0. The molecule has 1 saturated carbocycles. The molecule has 1 atom stereocenters. The van der Waals surface area contributed by atoms with Gasteiger partial charge in [0.15, 0.2) is 0 Å². The first-order valence-corrected chi connectivity index (χ1v) is 9.80. The fourth-order valence-corrected chi connectivity index (χ4v) is 4.57. The molecular weight excluding hydrogens is 317 g/mol. The first kappa shape index (κ1) is 16.4. The molecule has 23 heavy (non-hydrogen) atoms. The van der Waals surface area contributed by atoms with E-state index in [1.807, 2.05) is 12.1 Å². The smallest absolute Gasteiger partial charge is 0.302 e. The van der Waals surface area contributed by atoms with Crippen LogP contribution in [0, 0.1) is 5.92 Å². The number of carbonyl (C=O) groups is 1. The predicted molar refractivity (Wildman–Crippen MR) is 87.6 cm³/mol. The third-order valence-corrected chi connectivity index (χ3v) is 5.79. The molecule has 1 aromatic rings. The van der Waals surface area contributed by atoms with Crippen molar-refractivity contribution in [2.24, 2.45) is 5.92 Å². The van der Waals surface area contributed by atoms with Crippen LogP contribution >= 0.6 is 0 Å². The lowest BCUT2D eigenvalue weighted by atomic mass is 9.84. The van der Waals surface area contributed by atoms with Crippen molar-refractivity contribution in [1.82, 2.24) is 0 Å². The van der Waals surface area contributed by atoms with Crippen LogP contribution < -0.4 is 4.90 Å². The van der Waals surface area contributed by atoms with Crippen LogP contribution in [0.5, 0.6) is 0 Å². The average molecular weight is 339 g/mol. The molecule has 1 aromatic carbocycles. The number of nitrogens with zero attached hydrogens (tertiary/aromatic N) is 1. The van der Waals surface area contributed by atoms with E-state index in [2.05, 4.69) is 12.1 Å². The summed E-state index contributed by atoms with van der Waals surface area (Å²) in [7, 11) is -4.54. The molecule has 0 spiro atoms. The zero-order valence-corrected chi connectivity index (χ0v) is 13.9. The summed E-state index contributed by atoms with van der Waals surface area (Å²) < 4.78 is 34.3. The van der Waals surface area contributed by atoms with Crippen molar-refractivity contribution < 1.29 is 17.1 Å². The number of amides is 1. The van der Waals surface area contributed by atoms with Crippen molar-refractivity contribution in [2.45, 2.75) is 44.4 Å².